The third-order valence-electron chi connectivity index (χ3n) is 6.37. The summed E-state index contributed by atoms with van der Waals surface area (Å²) in [4.78, 5) is 10.6. The van der Waals surface area contributed by atoms with Crippen molar-refractivity contribution in [1.29, 1.82) is 0 Å². The number of hydrogen-bond acceptors (Lipinski definition) is 4. The molecular formula is C24H31N3O2. The lowest BCUT2D eigenvalue weighted by Crippen LogP contribution is -2.32. The first-order valence-corrected chi connectivity index (χ1v) is 10.7. The van der Waals surface area contributed by atoms with Crippen LogP contribution in [-0.2, 0) is 17.9 Å². The highest BCUT2D eigenvalue weighted by Gasteiger charge is 2.34. The lowest BCUT2D eigenvalue weighted by Gasteiger charge is -2.34. The summed E-state index contributed by atoms with van der Waals surface area (Å²) in [7, 11) is 1.81. The van der Waals surface area contributed by atoms with Crippen molar-refractivity contribution in [3.05, 3.63) is 65.5 Å². The Balaban J connectivity index is 1.30. The van der Waals surface area contributed by atoms with Crippen LogP contribution in [0.25, 0.3) is 0 Å². The topological polar surface area (TPSA) is 58.0 Å². The molecular weight excluding hydrogens is 362 g/mol. The molecule has 2 heterocycles. The van der Waals surface area contributed by atoms with Gasteiger partial charge in [0.1, 0.15) is 0 Å². The third kappa shape index (κ3) is 4.85. The van der Waals surface area contributed by atoms with Gasteiger partial charge in [-0.15, -0.1) is 0 Å². The van der Waals surface area contributed by atoms with Crippen LogP contribution in [0.5, 0.6) is 0 Å². The van der Waals surface area contributed by atoms with Crippen molar-refractivity contribution < 1.29 is 9.84 Å². The molecule has 1 aliphatic heterocycles. The Labute approximate surface area is 173 Å². The molecule has 0 bridgehead atoms. The summed E-state index contributed by atoms with van der Waals surface area (Å²) in [5.74, 6) is 0.349. The van der Waals surface area contributed by atoms with Crippen LogP contribution in [0.4, 0.5) is 0 Å². The molecule has 154 valence electrons. The molecule has 1 aromatic heterocycles. The second-order valence-corrected chi connectivity index (χ2v) is 8.27. The predicted octanol–water partition coefficient (Wildman–Crippen LogP) is 4.12. The minimum absolute atomic E-state index is 0.212. The molecule has 4 rings (SSSR count). The Hall–Kier alpha value is -2.24. The number of benzene rings is 1. The van der Waals surface area contributed by atoms with Gasteiger partial charge in [0.2, 0.25) is 0 Å². The molecule has 0 radical (unpaired) electrons. The van der Waals surface area contributed by atoms with Gasteiger partial charge in [0, 0.05) is 26.0 Å². The Morgan fingerprint density at radius 3 is 2.79 bits per heavy atom. The largest absolute Gasteiger partial charge is 0.393 e. The highest BCUT2D eigenvalue weighted by atomic mass is 16.5. The number of ether oxygens (including phenoxy) is 1. The van der Waals surface area contributed by atoms with Gasteiger partial charge in [-0.25, -0.2) is 0 Å². The van der Waals surface area contributed by atoms with Crippen molar-refractivity contribution in [1.82, 2.24) is 9.88 Å². The number of nitrogens with zero attached hydrogens (tertiary/aromatic N) is 3. The normalized spacial score (nSPS) is 25.3. The number of fused-ring (bicyclic) bond motifs is 1. The van der Waals surface area contributed by atoms with E-state index in [2.05, 4.69) is 39.1 Å². The molecule has 0 spiro atoms. The van der Waals surface area contributed by atoms with Crippen LogP contribution in [-0.4, -0.2) is 40.6 Å². The van der Waals surface area contributed by atoms with Gasteiger partial charge in [-0.1, -0.05) is 30.3 Å². The van der Waals surface area contributed by atoms with Gasteiger partial charge in [0.25, 0.3) is 0 Å². The molecule has 1 aliphatic carbocycles. The first-order valence-electron chi connectivity index (χ1n) is 10.7. The summed E-state index contributed by atoms with van der Waals surface area (Å²) in [5.41, 5.74) is 3.80. The maximum absolute atomic E-state index is 11.0. The van der Waals surface area contributed by atoms with Crippen LogP contribution in [0, 0.1) is 5.92 Å². The van der Waals surface area contributed by atoms with E-state index in [4.69, 9.17) is 4.74 Å². The van der Waals surface area contributed by atoms with E-state index in [1.807, 2.05) is 31.7 Å². The number of aromatic nitrogens is 1. The fourth-order valence-electron chi connectivity index (χ4n) is 4.78. The number of hydrogen-bond donors (Lipinski definition) is 1. The minimum Gasteiger partial charge on any atom is -0.393 e. The number of aliphatic imine (C=N–C) groups is 1. The maximum atomic E-state index is 11.0. The average molecular weight is 394 g/mol. The van der Waals surface area contributed by atoms with Crippen LogP contribution < -0.4 is 0 Å². The minimum atomic E-state index is -0.293. The van der Waals surface area contributed by atoms with Crippen molar-refractivity contribution in [2.75, 3.05) is 7.05 Å². The monoisotopic (exact) mass is 393 g/mol. The van der Waals surface area contributed by atoms with Crippen LogP contribution in [0.15, 0.2) is 53.8 Å². The van der Waals surface area contributed by atoms with E-state index in [1.165, 1.54) is 11.1 Å². The van der Waals surface area contributed by atoms with Crippen LogP contribution in [0.3, 0.4) is 0 Å². The highest BCUT2D eigenvalue weighted by molar-refractivity contribution is 5.58. The van der Waals surface area contributed by atoms with Crippen molar-refractivity contribution in [3.8, 4) is 0 Å². The SMILES string of the molecule is C/N=C\N1Cc2ccccc2C1CC(O)[C@H]1CC[C@H](OCc2cccnc2)CC1. The zero-order chi connectivity index (χ0) is 20.1. The molecule has 2 atom stereocenters. The zero-order valence-electron chi connectivity index (χ0n) is 17.2. The Morgan fingerprint density at radius 1 is 1.21 bits per heavy atom. The van der Waals surface area contributed by atoms with Gasteiger partial charge in [-0.05, 0) is 60.8 Å². The van der Waals surface area contributed by atoms with Gasteiger partial charge in [-0.2, -0.15) is 0 Å². The fourth-order valence-corrected chi connectivity index (χ4v) is 4.78. The molecule has 1 N–H and O–H groups in total. The van der Waals surface area contributed by atoms with Gasteiger partial charge < -0.3 is 14.7 Å². The van der Waals surface area contributed by atoms with Crippen LogP contribution in [0.1, 0.15) is 54.8 Å². The predicted molar refractivity (Wildman–Crippen MR) is 115 cm³/mol. The average Bonchev–Trinajstić information content (AvgIpc) is 3.11. The summed E-state index contributed by atoms with van der Waals surface area (Å²) in [6.07, 6.45) is 10.4. The van der Waals surface area contributed by atoms with Gasteiger partial charge in [-0.3, -0.25) is 9.98 Å². The quantitative estimate of drug-likeness (QED) is 0.568. The number of aliphatic hydroxyl groups is 1. The lowest BCUT2D eigenvalue weighted by atomic mass is 9.81. The van der Waals surface area contributed by atoms with Gasteiger partial charge in [0.05, 0.1) is 31.2 Å². The van der Waals surface area contributed by atoms with E-state index in [1.54, 1.807) is 6.20 Å². The molecule has 5 heteroatoms. The number of pyridine rings is 1. The first-order chi connectivity index (χ1) is 14.2. The third-order valence-corrected chi connectivity index (χ3v) is 6.37. The van der Waals surface area contributed by atoms with E-state index in [0.717, 1.165) is 44.2 Å². The molecule has 29 heavy (non-hydrogen) atoms. The number of aliphatic hydroxyl groups excluding tert-OH is 1. The Kier molecular flexibility index (Phi) is 6.57. The van der Waals surface area contributed by atoms with Crippen molar-refractivity contribution in [3.63, 3.8) is 0 Å². The second kappa shape index (κ2) is 9.51. The van der Waals surface area contributed by atoms with Gasteiger partial charge in [0.15, 0.2) is 0 Å². The van der Waals surface area contributed by atoms with Crippen LogP contribution in [0.2, 0.25) is 0 Å². The molecule has 2 aliphatic rings. The fraction of sp³-hybridized carbons (Fsp3) is 0.500. The van der Waals surface area contributed by atoms with E-state index in [-0.39, 0.29) is 18.2 Å². The summed E-state index contributed by atoms with van der Waals surface area (Å²) in [5, 5.41) is 11.0. The molecule has 2 aromatic rings. The van der Waals surface area contributed by atoms with Crippen molar-refractivity contribution >= 4 is 6.34 Å². The number of rotatable bonds is 7. The van der Waals surface area contributed by atoms with Crippen LogP contribution >= 0.6 is 0 Å². The molecule has 5 nitrogen and oxygen atoms in total. The van der Waals surface area contributed by atoms with E-state index in [0.29, 0.717) is 12.5 Å². The smallest absolute Gasteiger partial charge is 0.0854 e. The summed E-state index contributed by atoms with van der Waals surface area (Å²) < 4.78 is 6.08. The maximum Gasteiger partial charge on any atom is 0.0854 e. The molecule has 1 saturated carbocycles. The highest BCUT2D eigenvalue weighted by Crippen LogP contribution is 2.39. The van der Waals surface area contributed by atoms with Crippen molar-refractivity contribution in [2.24, 2.45) is 10.9 Å². The van der Waals surface area contributed by atoms with Gasteiger partial charge >= 0.3 is 0 Å². The first kappa shape index (κ1) is 20.0. The molecule has 1 aromatic carbocycles. The summed E-state index contributed by atoms with van der Waals surface area (Å²) in [6.45, 7) is 1.50. The molecule has 0 saturated heterocycles. The standard InChI is InChI=1S/C24H31N3O2/c1-25-17-27-15-20-6-2-3-7-22(20)23(27)13-24(28)19-8-10-21(11-9-19)29-16-18-5-4-12-26-14-18/h2-7,12,14,17,19,21,23-24,28H,8-11,13,15-16H2,1H3/b25-17-/t19-,21-,23?,24?. The van der Waals surface area contributed by atoms with Crippen molar-refractivity contribution in [2.45, 2.75) is 63.5 Å². The Morgan fingerprint density at radius 2 is 2.03 bits per heavy atom. The summed E-state index contributed by atoms with van der Waals surface area (Å²) in [6, 6.07) is 12.8. The lowest BCUT2D eigenvalue weighted by molar-refractivity contribution is -0.0177. The molecule has 0 amide bonds. The molecule has 1 fully saturated rings. The Bertz CT molecular complexity index is 803. The van der Waals surface area contributed by atoms with E-state index < -0.39 is 0 Å². The van der Waals surface area contributed by atoms with E-state index in [9.17, 15) is 5.11 Å². The summed E-state index contributed by atoms with van der Waals surface area (Å²) >= 11 is 0. The van der Waals surface area contributed by atoms with E-state index >= 15 is 0 Å². The second-order valence-electron chi connectivity index (χ2n) is 8.27. The molecule has 2 unspecified atom stereocenters. The zero-order valence-corrected chi connectivity index (χ0v) is 17.2.